The van der Waals surface area contributed by atoms with Gasteiger partial charge < -0.3 is 10.1 Å². The summed E-state index contributed by atoms with van der Waals surface area (Å²) < 4.78 is 6.93. The summed E-state index contributed by atoms with van der Waals surface area (Å²) in [6.07, 6.45) is 0. The highest BCUT2D eigenvalue weighted by Crippen LogP contribution is 2.27. The largest absolute Gasteiger partial charge is 0.457 e. The van der Waals surface area contributed by atoms with Crippen LogP contribution in [-0.2, 0) is 6.54 Å². The second-order valence-corrected chi connectivity index (χ2v) is 5.75. The van der Waals surface area contributed by atoms with Crippen molar-refractivity contribution < 1.29 is 4.74 Å². The van der Waals surface area contributed by atoms with Gasteiger partial charge in [-0.2, -0.15) is 0 Å². The molecule has 0 fully saturated rings. The zero-order chi connectivity index (χ0) is 13.7. The molecule has 0 aliphatic heterocycles. The Hall–Kier alpha value is -0.780. The van der Waals surface area contributed by atoms with Gasteiger partial charge in [0.1, 0.15) is 11.5 Å². The minimum Gasteiger partial charge on any atom is -0.457 e. The van der Waals surface area contributed by atoms with E-state index in [-0.39, 0.29) is 0 Å². The normalized spacial score (nSPS) is 10.5. The van der Waals surface area contributed by atoms with Crippen molar-refractivity contribution in [2.45, 2.75) is 13.5 Å². The van der Waals surface area contributed by atoms with Crippen LogP contribution in [0.2, 0.25) is 5.02 Å². The molecule has 100 valence electrons. The van der Waals surface area contributed by atoms with Crippen LogP contribution in [0.4, 0.5) is 0 Å². The summed E-state index contributed by atoms with van der Waals surface area (Å²) in [5, 5.41) is 3.98. The Balaban J connectivity index is 2.11. The van der Waals surface area contributed by atoms with Gasteiger partial charge in [0.2, 0.25) is 0 Å². The van der Waals surface area contributed by atoms with Crippen molar-refractivity contribution in [2.24, 2.45) is 0 Å². The van der Waals surface area contributed by atoms with Crippen molar-refractivity contribution >= 4 is 34.2 Å². The summed E-state index contributed by atoms with van der Waals surface area (Å²) in [6, 6.07) is 13.7. The number of benzene rings is 2. The first-order valence-corrected chi connectivity index (χ1v) is 7.57. The van der Waals surface area contributed by atoms with E-state index in [0.29, 0.717) is 0 Å². The molecule has 0 saturated carbocycles. The summed E-state index contributed by atoms with van der Waals surface area (Å²) in [4.78, 5) is 0. The van der Waals surface area contributed by atoms with Crippen molar-refractivity contribution in [3.05, 3.63) is 56.6 Å². The monoisotopic (exact) mass is 387 g/mol. The maximum Gasteiger partial charge on any atom is 0.128 e. The Kier molecular flexibility index (Phi) is 5.48. The molecular weight excluding hydrogens is 373 g/mol. The average molecular weight is 388 g/mol. The number of ether oxygens (including phenoxy) is 1. The predicted octanol–water partition coefficient (Wildman–Crippen LogP) is 4.85. The zero-order valence-electron chi connectivity index (χ0n) is 10.6. The second-order valence-electron chi connectivity index (χ2n) is 4.09. The third-order valence-corrected chi connectivity index (χ3v) is 3.64. The lowest BCUT2D eigenvalue weighted by atomic mass is 10.2. The van der Waals surface area contributed by atoms with E-state index in [9.17, 15) is 0 Å². The second kappa shape index (κ2) is 7.12. The molecule has 0 amide bonds. The van der Waals surface area contributed by atoms with Gasteiger partial charge in [0.05, 0.1) is 0 Å². The Labute approximate surface area is 132 Å². The van der Waals surface area contributed by atoms with Crippen LogP contribution in [-0.4, -0.2) is 6.54 Å². The molecule has 1 N–H and O–H groups in total. The van der Waals surface area contributed by atoms with E-state index in [1.165, 1.54) is 0 Å². The summed E-state index contributed by atoms with van der Waals surface area (Å²) >= 11 is 8.50. The van der Waals surface area contributed by atoms with Gasteiger partial charge in [-0.15, -0.1) is 0 Å². The molecular formula is C15H15ClINO. The van der Waals surface area contributed by atoms with Crippen molar-refractivity contribution in [1.29, 1.82) is 0 Å². The molecule has 0 radical (unpaired) electrons. The van der Waals surface area contributed by atoms with Gasteiger partial charge in [-0.25, -0.2) is 0 Å². The minimum absolute atomic E-state index is 0.726. The molecule has 2 nitrogen and oxygen atoms in total. The number of rotatable bonds is 5. The number of hydrogen-bond donors (Lipinski definition) is 1. The third kappa shape index (κ3) is 4.37. The molecule has 0 aliphatic carbocycles. The first-order valence-electron chi connectivity index (χ1n) is 6.11. The quantitative estimate of drug-likeness (QED) is 0.741. The van der Waals surface area contributed by atoms with Crippen LogP contribution in [0.1, 0.15) is 12.5 Å². The van der Waals surface area contributed by atoms with Crippen LogP contribution >= 0.6 is 34.2 Å². The van der Waals surface area contributed by atoms with E-state index < -0.39 is 0 Å². The van der Waals surface area contributed by atoms with Gasteiger partial charge in [-0.05, 0) is 65.0 Å². The highest BCUT2D eigenvalue weighted by molar-refractivity contribution is 14.1. The van der Waals surface area contributed by atoms with E-state index in [1.54, 1.807) is 0 Å². The molecule has 2 aromatic rings. The molecule has 0 saturated heterocycles. The molecule has 0 aromatic heterocycles. The minimum atomic E-state index is 0.726. The van der Waals surface area contributed by atoms with E-state index in [0.717, 1.165) is 38.7 Å². The number of halogens is 2. The van der Waals surface area contributed by atoms with E-state index in [2.05, 4.69) is 34.8 Å². The van der Waals surface area contributed by atoms with Crippen molar-refractivity contribution in [2.75, 3.05) is 6.54 Å². The maximum absolute atomic E-state index is 6.24. The van der Waals surface area contributed by atoms with E-state index >= 15 is 0 Å². The Morgan fingerprint density at radius 1 is 1.16 bits per heavy atom. The summed E-state index contributed by atoms with van der Waals surface area (Å²) in [6.45, 7) is 3.78. The first-order chi connectivity index (χ1) is 9.19. The topological polar surface area (TPSA) is 21.3 Å². The molecule has 0 bridgehead atoms. The fourth-order valence-electron chi connectivity index (χ4n) is 1.66. The summed E-state index contributed by atoms with van der Waals surface area (Å²) in [5.74, 6) is 1.58. The van der Waals surface area contributed by atoms with Crippen LogP contribution in [0.3, 0.4) is 0 Å². The molecule has 0 heterocycles. The Morgan fingerprint density at radius 2 is 1.95 bits per heavy atom. The summed E-state index contributed by atoms with van der Waals surface area (Å²) in [7, 11) is 0. The van der Waals surface area contributed by atoms with Gasteiger partial charge in [0, 0.05) is 15.1 Å². The first kappa shape index (κ1) is 14.6. The van der Waals surface area contributed by atoms with Crippen molar-refractivity contribution in [3.63, 3.8) is 0 Å². The standard InChI is InChI=1S/C15H15ClINO/c1-2-18-10-11-6-7-14(9-15(11)16)19-13-5-3-4-12(17)8-13/h3-9,18H,2,10H2,1H3. The molecule has 0 unspecified atom stereocenters. The molecule has 4 heteroatoms. The highest BCUT2D eigenvalue weighted by atomic mass is 127. The smallest absolute Gasteiger partial charge is 0.128 e. The fraction of sp³-hybridized carbons (Fsp3) is 0.200. The maximum atomic E-state index is 6.24. The third-order valence-electron chi connectivity index (χ3n) is 2.62. The molecule has 0 aliphatic rings. The zero-order valence-corrected chi connectivity index (χ0v) is 13.5. The van der Waals surface area contributed by atoms with Crippen LogP contribution in [0, 0.1) is 3.57 Å². The highest BCUT2D eigenvalue weighted by Gasteiger charge is 2.03. The average Bonchev–Trinajstić information content (AvgIpc) is 2.38. The molecule has 0 atom stereocenters. The molecule has 0 spiro atoms. The van der Waals surface area contributed by atoms with Crippen LogP contribution < -0.4 is 10.1 Å². The summed E-state index contributed by atoms with van der Waals surface area (Å²) in [5.41, 5.74) is 1.08. The van der Waals surface area contributed by atoms with Gasteiger partial charge in [0.15, 0.2) is 0 Å². The van der Waals surface area contributed by atoms with Crippen LogP contribution in [0.25, 0.3) is 0 Å². The lowest BCUT2D eigenvalue weighted by Gasteiger charge is -2.09. The van der Waals surface area contributed by atoms with Gasteiger partial charge in [0.25, 0.3) is 0 Å². The van der Waals surface area contributed by atoms with Gasteiger partial charge in [-0.1, -0.05) is 30.7 Å². The van der Waals surface area contributed by atoms with Crippen molar-refractivity contribution in [1.82, 2.24) is 5.32 Å². The lowest BCUT2D eigenvalue weighted by Crippen LogP contribution is -2.11. The van der Waals surface area contributed by atoms with E-state index in [1.807, 2.05) is 42.5 Å². The number of nitrogens with one attached hydrogen (secondary N) is 1. The Bertz CT molecular complexity index is 560. The van der Waals surface area contributed by atoms with Gasteiger partial charge in [-0.3, -0.25) is 0 Å². The molecule has 2 rings (SSSR count). The lowest BCUT2D eigenvalue weighted by molar-refractivity contribution is 0.482. The van der Waals surface area contributed by atoms with E-state index in [4.69, 9.17) is 16.3 Å². The molecule has 19 heavy (non-hydrogen) atoms. The Morgan fingerprint density at radius 3 is 2.63 bits per heavy atom. The molecule has 2 aromatic carbocycles. The van der Waals surface area contributed by atoms with Gasteiger partial charge >= 0.3 is 0 Å². The fourth-order valence-corrected chi connectivity index (χ4v) is 2.41. The number of hydrogen-bond acceptors (Lipinski definition) is 2. The van der Waals surface area contributed by atoms with Crippen LogP contribution in [0.15, 0.2) is 42.5 Å². The predicted molar refractivity (Wildman–Crippen MR) is 88.1 cm³/mol. The SMILES string of the molecule is CCNCc1ccc(Oc2cccc(I)c2)cc1Cl. The van der Waals surface area contributed by atoms with Crippen molar-refractivity contribution in [3.8, 4) is 11.5 Å². The van der Waals surface area contributed by atoms with Crippen LogP contribution in [0.5, 0.6) is 11.5 Å².